The van der Waals surface area contributed by atoms with Gasteiger partial charge in [-0.25, -0.2) is 4.98 Å². The van der Waals surface area contributed by atoms with Gasteiger partial charge in [-0.1, -0.05) is 11.3 Å². The summed E-state index contributed by atoms with van der Waals surface area (Å²) in [5.74, 6) is 0.169. The number of aromatic nitrogens is 1. The summed E-state index contributed by atoms with van der Waals surface area (Å²) in [4.78, 5) is 19.1. The summed E-state index contributed by atoms with van der Waals surface area (Å²) in [5, 5.41) is 3.83. The molecule has 1 saturated heterocycles. The number of amides is 1. The lowest BCUT2D eigenvalue weighted by Crippen LogP contribution is -2.45. The van der Waals surface area contributed by atoms with Crippen LogP contribution in [0.2, 0.25) is 0 Å². The van der Waals surface area contributed by atoms with Crippen LogP contribution in [0.3, 0.4) is 0 Å². The first-order valence-electron chi connectivity index (χ1n) is 7.24. The molecule has 1 aliphatic rings. The molecule has 1 atom stereocenters. The molecule has 21 heavy (non-hydrogen) atoms. The minimum Gasteiger partial charge on any atom is -0.382 e. The highest BCUT2D eigenvalue weighted by Crippen LogP contribution is 2.28. The first-order chi connectivity index (χ1) is 9.82. The van der Waals surface area contributed by atoms with E-state index in [1.54, 1.807) is 0 Å². The summed E-state index contributed by atoms with van der Waals surface area (Å²) >= 11 is 1.34. The molecule has 1 aliphatic heterocycles. The summed E-state index contributed by atoms with van der Waals surface area (Å²) in [6, 6.07) is 0.120. The van der Waals surface area contributed by atoms with E-state index in [4.69, 9.17) is 10.5 Å². The van der Waals surface area contributed by atoms with Crippen LogP contribution < -0.4 is 16.0 Å². The molecule has 1 aromatic heterocycles. The first kappa shape index (κ1) is 16.0. The van der Waals surface area contributed by atoms with Gasteiger partial charge in [0.2, 0.25) is 0 Å². The number of nitrogens with zero attached hydrogens (tertiary/aromatic N) is 2. The number of ether oxygens (including phenoxy) is 1. The van der Waals surface area contributed by atoms with Gasteiger partial charge < -0.3 is 20.7 Å². The van der Waals surface area contributed by atoms with Crippen molar-refractivity contribution >= 4 is 28.2 Å². The van der Waals surface area contributed by atoms with Gasteiger partial charge in [0.05, 0.1) is 5.60 Å². The molecule has 0 radical (unpaired) electrons. The third-order valence-corrected chi connectivity index (χ3v) is 4.87. The Balaban J connectivity index is 2.05. The largest absolute Gasteiger partial charge is 0.382 e. The SMILES string of the molecule is CCN(C)c1nc(N)c(C(=O)NC2CCOC(C)(C)C2)s1. The summed E-state index contributed by atoms with van der Waals surface area (Å²) in [6.07, 6.45) is 1.63. The Bertz CT molecular complexity index is 515. The van der Waals surface area contributed by atoms with Gasteiger partial charge in [0, 0.05) is 26.2 Å². The van der Waals surface area contributed by atoms with E-state index in [-0.39, 0.29) is 17.6 Å². The van der Waals surface area contributed by atoms with Crippen molar-refractivity contribution in [3.05, 3.63) is 4.88 Å². The predicted molar refractivity (Wildman–Crippen MR) is 86.0 cm³/mol. The van der Waals surface area contributed by atoms with Crippen LogP contribution in [0.4, 0.5) is 10.9 Å². The third-order valence-electron chi connectivity index (χ3n) is 3.68. The van der Waals surface area contributed by atoms with E-state index in [2.05, 4.69) is 10.3 Å². The number of thiazole rings is 1. The van der Waals surface area contributed by atoms with Crippen LogP contribution >= 0.6 is 11.3 Å². The number of hydrogen-bond acceptors (Lipinski definition) is 6. The fourth-order valence-electron chi connectivity index (χ4n) is 2.39. The van der Waals surface area contributed by atoms with Gasteiger partial charge >= 0.3 is 0 Å². The van der Waals surface area contributed by atoms with Gasteiger partial charge in [-0.2, -0.15) is 0 Å². The summed E-state index contributed by atoms with van der Waals surface area (Å²) in [6.45, 7) is 7.60. The predicted octanol–water partition coefficient (Wildman–Crippen LogP) is 1.87. The lowest BCUT2D eigenvalue weighted by molar-refractivity contribution is -0.0615. The van der Waals surface area contributed by atoms with Crippen LogP contribution in [0.5, 0.6) is 0 Å². The Kier molecular flexibility index (Phi) is 4.73. The van der Waals surface area contributed by atoms with E-state index < -0.39 is 0 Å². The van der Waals surface area contributed by atoms with Crippen LogP contribution in [-0.4, -0.2) is 42.7 Å². The van der Waals surface area contributed by atoms with Gasteiger partial charge in [0.1, 0.15) is 10.7 Å². The molecule has 0 bridgehead atoms. The Morgan fingerprint density at radius 1 is 1.62 bits per heavy atom. The zero-order chi connectivity index (χ0) is 15.6. The minimum atomic E-state index is -0.191. The second kappa shape index (κ2) is 6.19. The maximum Gasteiger partial charge on any atom is 0.265 e. The van der Waals surface area contributed by atoms with E-state index in [0.29, 0.717) is 17.3 Å². The summed E-state index contributed by atoms with van der Waals surface area (Å²) < 4.78 is 5.66. The summed E-state index contributed by atoms with van der Waals surface area (Å²) in [5.41, 5.74) is 5.69. The van der Waals surface area contributed by atoms with Crippen molar-refractivity contribution < 1.29 is 9.53 Å². The van der Waals surface area contributed by atoms with Crippen LogP contribution in [0.15, 0.2) is 0 Å². The second-order valence-corrected chi connectivity index (χ2v) is 6.97. The molecule has 6 nitrogen and oxygen atoms in total. The molecular weight excluding hydrogens is 288 g/mol. The second-order valence-electron chi connectivity index (χ2n) is 6.00. The van der Waals surface area contributed by atoms with Crippen LogP contribution in [0.25, 0.3) is 0 Å². The van der Waals surface area contributed by atoms with E-state index >= 15 is 0 Å². The topological polar surface area (TPSA) is 80.5 Å². The number of rotatable bonds is 4. The van der Waals surface area contributed by atoms with Crippen molar-refractivity contribution in [2.24, 2.45) is 0 Å². The molecule has 1 aromatic rings. The van der Waals surface area contributed by atoms with Crippen molar-refractivity contribution in [3.8, 4) is 0 Å². The van der Waals surface area contributed by atoms with Crippen molar-refractivity contribution in [1.29, 1.82) is 0 Å². The molecule has 1 amide bonds. The van der Waals surface area contributed by atoms with E-state index in [1.165, 1.54) is 11.3 Å². The highest BCUT2D eigenvalue weighted by Gasteiger charge is 2.30. The normalized spacial score (nSPS) is 21.0. The summed E-state index contributed by atoms with van der Waals surface area (Å²) in [7, 11) is 1.93. The van der Waals surface area contributed by atoms with Crippen LogP contribution in [-0.2, 0) is 4.74 Å². The van der Waals surface area contributed by atoms with Crippen molar-refractivity contribution in [2.75, 3.05) is 30.8 Å². The molecule has 3 N–H and O–H groups in total. The van der Waals surface area contributed by atoms with E-state index in [1.807, 2.05) is 32.7 Å². The average molecular weight is 312 g/mol. The maximum absolute atomic E-state index is 12.4. The highest BCUT2D eigenvalue weighted by molar-refractivity contribution is 7.18. The van der Waals surface area contributed by atoms with Crippen molar-refractivity contribution in [3.63, 3.8) is 0 Å². The molecule has 1 unspecified atom stereocenters. The minimum absolute atomic E-state index is 0.120. The third kappa shape index (κ3) is 3.85. The smallest absolute Gasteiger partial charge is 0.265 e. The van der Waals surface area contributed by atoms with Gasteiger partial charge in [-0.05, 0) is 33.6 Å². The highest BCUT2D eigenvalue weighted by atomic mass is 32.1. The lowest BCUT2D eigenvalue weighted by atomic mass is 9.94. The maximum atomic E-state index is 12.4. The van der Waals surface area contributed by atoms with Gasteiger partial charge in [-0.3, -0.25) is 4.79 Å². The van der Waals surface area contributed by atoms with E-state index in [0.717, 1.165) is 24.5 Å². The Hall–Kier alpha value is -1.34. The molecule has 0 aliphatic carbocycles. The number of nitrogen functional groups attached to an aromatic ring is 1. The first-order valence-corrected chi connectivity index (χ1v) is 8.06. The van der Waals surface area contributed by atoms with E-state index in [9.17, 15) is 4.79 Å². The molecule has 0 saturated carbocycles. The number of anilines is 2. The molecular formula is C14H24N4O2S. The number of hydrogen-bond donors (Lipinski definition) is 2. The van der Waals surface area contributed by atoms with Crippen molar-refractivity contribution in [2.45, 2.75) is 45.3 Å². The lowest BCUT2D eigenvalue weighted by Gasteiger charge is -2.35. The molecule has 2 heterocycles. The van der Waals surface area contributed by atoms with Crippen LogP contribution in [0.1, 0.15) is 43.3 Å². The number of nitrogens with two attached hydrogens (primary N) is 1. The quantitative estimate of drug-likeness (QED) is 0.887. The average Bonchev–Trinajstić information content (AvgIpc) is 2.79. The molecule has 1 fully saturated rings. The molecule has 118 valence electrons. The number of carbonyl (C=O) groups is 1. The van der Waals surface area contributed by atoms with Crippen molar-refractivity contribution in [1.82, 2.24) is 10.3 Å². The fourth-order valence-corrected chi connectivity index (χ4v) is 3.30. The Morgan fingerprint density at radius 2 is 2.33 bits per heavy atom. The number of carbonyl (C=O) groups excluding carboxylic acids is 1. The zero-order valence-electron chi connectivity index (χ0n) is 13.1. The standard InChI is InChI=1S/C14H24N4O2S/c1-5-18(4)13-17-11(15)10(21-13)12(19)16-9-6-7-20-14(2,3)8-9/h9H,5-8,15H2,1-4H3,(H,16,19). The van der Waals surface area contributed by atoms with Gasteiger partial charge in [0.25, 0.3) is 5.91 Å². The number of nitrogens with one attached hydrogen (secondary N) is 1. The fraction of sp³-hybridized carbons (Fsp3) is 0.714. The zero-order valence-corrected chi connectivity index (χ0v) is 13.9. The van der Waals surface area contributed by atoms with Crippen LogP contribution in [0, 0.1) is 0 Å². The van der Waals surface area contributed by atoms with Gasteiger partial charge in [-0.15, -0.1) is 0 Å². The molecule has 7 heteroatoms. The molecule has 0 spiro atoms. The molecule has 0 aromatic carbocycles. The van der Waals surface area contributed by atoms with Gasteiger partial charge in [0.15, 0.2) is 5.13 Å². The molecule has 2 rings (SSSR count). The Labute approximate surface area is 129 Å². The Morgan fingerprint density at radius 3 is 2.95 bits per heavy atom. The monoisotopic (exact) mass is 312 g/mol.